The largest absolute Gasteiger partial charge is 0.506 e. The molecule has 50 heavy (non-hydrogen) atoms. The van der Waals surface area contributed by atoms with Crippen LogP contribution >= 0.6 is 0 Å². The van der Waals surface area contributed by atoms with Gasteiger partial charge < -0.3 is 10.0 Å². The van der Waals surface area contributed by atoms with Gasteiger partial charge in [-0.3, -0.25) is 9.55 Å². The summed E-state index contributed by atoms with van der Waals surface area (Å²) in [7, 11) is 0. The van der Waals surface area contributed by atoms with E-state index in [1.807, 2.05) is 77.5 Å². The SMILES string of the molecule is CC(C)(C)c1ccc(-c2ccnc(N(c3[c-]c(-c4ccc5c6ccccc6n(-c6ccccc6O)c5n4)ccc3)c3ccccc3)c2)cc1.[Pt]. The van der Waals surface area contributed by atoms with Crippen molar-refractivity contribution < 1.29 is 26.2 Å². The summed E-state index contributed by atoms with van der Waals surface area (Å²) in [5, 5.41) is 13.0. The van der Waals surface area contributed by atoms with Gasteiger partial charge in [0.2, 0.25) is 0 Å². The van der Waals surface area contributed by atoms with Crippen LogP contribution in [0.15, 0.2) is 152 Å². The minimum atomic E-state index is 0. The Kier molecular flexibility index (Phi) is 8.86. The van der Waals surface area contributed by atoms with Crippen LogP contribution in [0.4, 0.5) is 17.2 Å². The normalized spacial score (nSPS) is 11.4. The Labute approximate surface area is 306 Å². The molecular weight excluding hydrogens is 796 g/mol. The van der Waals surface area contributed by atoms with Gasteiger partial charge in [-0.25, -0.2) is 4.98 Å². The van der Waals surface area contributed by atoms with Crippen LogP contribution in [0.2, 0.25) is 0 Å². The van der Waals surface area contributed by atoms with Gasteiger partial charge in [0, 0.05) is 43.7 Å². The molecule has 248 valence electrons. The van der Waals surface area contributed by atoms with E-state index in [0.29, 0.717) is 5.69 Å². The number of aromatic nitrogens is 3. The molecule has 0 bridgehead atoms. The van der Waals surface area contributed by atoms with Crippen molar-refractivity contribution in [3.8, 4) is 33.8 Å². The predicted molar refractivity (Wildman–Crippen MR) is 201 cm³/mol. The number of nitrogens with zero attached hydrogens (tertiary/aromatic N) is 4. The molecule has 0 amide bonds. The van der Waals surface area contributed by atoms with Gasteiger partial charge in [0.05, 0.1) is 11.2 Å². The fourth-order valence-corrected chi connectivity index (χ4v) is 6.48. The fourth-order valence-electron chi connectivity index (χ4n) is 6.48. The molecule has 5 aromatic carbocycles. The summed E-state index contributed by atoms with van der Waals surface area (Å²) in [6.07, 6.45) is 1.87. The molecule has 0 spiro atoms. The number of rotatable bonds is 6. The monoisotopic (exact) mass is 830 g/mol. The van der Waals surface area contributed by atoms with E-state index in [0.717, 1.165) is 61.5 Å². The minimum absolute atomic E-state index is 0. The third kappa shape index (κ3) is 6.10. The number of pyridine rings is 2. The Bertz CT molecular complexity index is 2450. The Hall–Kier alpha value is -5.51. The first kappa shape index (κ1) is 33.0. The number of phenols is 1. The number of phenolic OH excluding ortho intramolecular Hbond substituents is 1. The molecule has 0 aliphatic rings. The van der Waals surface area contributed by atoms with Gasteiger partial charge in [0.15, 0.2) is 0 Å². The Balaban J connectivity index is 0.00000392. The molecule has 0 aliphatic heterocycles. The fraction of sp³-hybridized carbons (Fsp3) is 0.0909. The average molecular weight is 831 g/mol. The molecule has 0 saturated carbocycles. The predicted octanol–water partition coefficient (Wildman–Crippen LogP) is 11.2. The maximum absolute atomic E-state index is 10.9. The number of benzene rings is 5. The summed E-state index contributed by atoms with van der Waals surface area (Å²) in [4.78, 5) is 12.2. The molecule has 8 aromatic rings. The molecular formula is C44H35N4OPt-. The zero-order valence-electron chi connectivity index (χ0n) is 28.0. The number of aromatic hydroxyl groups is 1. The third-order valence-electron chi connectivity index (χ3n) is 9.01. The topological polar surface area (TPSA) is 54.2 Å². The summed E-state index contributed by atoms with van der Waals surface area (Å²) in [6.45, 7) is 6.70. The number of hydrogen-bond donors (Lipinski definition) is 1. The van der Waals surface area contributed by atoms with Gasteiger partial charge in [-0.15, -0.1) is 29.8 Å². The van der Waals surface area contributed by atoms with Crippen molar-refractivity contribution in [2.45, 2.75) is 26.2 Å². The van der Waals surface area contributed by atoms with Crippen LogP contribution in [0, 0.1) is 6.07 Å². The van der Waals surface area contributed by atoms with Crippen molar-refractivity contribution in [2.24, 2.45) is 0 Å². The summed E-state index contributed by atoms with van der Waals surface area (Å²) in [6, 6.07) is 52.8. The van der Waals surface area contributed by atoms with Crippen LogP contribution in [0.5, 0.6) is 5.75 Å². The Morgan fingerprint density at radius 3 is 2.20 bits per heavy atom. The van der Waals surface area contributed by atoms with Gasteiger partial charge in [-0.1, -0.05) is 106 Å². The maximum atomic E-state index is 10.9. The maximum Gasteiger partial charge on any atom is 0.139 e. The third-order valence-corrected chi connectivity index (χ3v) is 9.01. The molecule has 5 nitrogen and oxygen atoms in total. The van der Waals surface area contributed by atoms with Gasteiger partial charge in [-0.2, -0.15) is 0 Å². The second-order valence-corrected chi connectivity index (χ2v) is 13.3. The van der Waals surface area contributed by atoms with Gasteiger partial charge in [0.25, 0.3) is 0 Å². The number of fused-ring (bicyclic) bond motifs is 3. The van der Waals surface area contributed by atoms with Gasteiger partial charge >= 0.3 is 0 Å². The van der Waals surface area contributed by atoms with E-state index in [-0.39, 0.29) is 32.2 Å². The molecule has 3 heterocycles. The van der Waals surface area contributed by atoms with Crippen molar-refractivity contribution >= 4 is 39.1 Å². The van der Waals surface area contributed by atoms with E-state index >= 15 is 0 Å². The van der Waals surface area contributed by atoms with E-state index < -0.39 is 0 Å². The molecule has 0 unspecified atom stereocenters. The first-order chi connectivity index (χ1) is 23.8. The molecule has 0 aliphatic carbocycles. The van der Waals surface area contributed by atoms with E-state index in [1.54, 1.807) is 6.07 Å². The van der Waals surface area contributed by atoms with Gasteiger partial charge in [-0.05, 0) is 76.0 Å². The van der Waals surface area contributed by atoms with Crippen molar-refractivity contribution in [3.63, 3.8) is 0 Å². The summed E-state index contributed by atoms with van der Waals surface area (Å²) >= 11 is 0. The Morgan fingerprint density at radius 2 is 1.42 bits per heavy atom. The molecule has 3 aromatic heterocycles. The van der Waals surface area contributed by atoms with Crippen molar-refractivity contribution in [1.82, 2.24) is 14.5 Å². The van der Waals surface area contributed by atoms with Crippen LogP contribution in [0.3, 0.4) is 0 Å². The molecule has 1 N–H and O–H groups in total. The molecule has 0 atom stereocenters. The van der Waals surface area contributed by atoms with Gasteiger partial charge in [0.1, 0.15) is 17.2 Å². The van der Waals surface area contributed by atoms with Crippen molar-refractivity contribution in [2.75, 3.05) is 4.90 Å². The van der Waals surface area contributed by atoms with Crippen molar-refractivity contribution in [3.05, 3.63) is 163 Å². The molecule has 0 saturated heterocycles. The zero-order chi connectivity index (χ0) is 33.5. The van der Waals surface area contributed by atoms with Crippen LogP contribution in [-0.2, 0) is 26.5 Å². The summed E-state index contributed by atoms with van der Waals surface area (Å²) in [5.41, 5.74) is 9.51. The summed E-state index contributed by atoms with van der Waals surface area (Å²) < 4.78 is 2.03. The van der Waals surface area contributed by atoms with E-state index in [9.17, 15) is 5.11 Å². The van der Waals surface area contributed by atoms with Crippen LogP contribution < -0.4 is 4.90 Å². The summed E-state index contributed by atoms with van der Waals surface area (Å²) in [5.74, 6) is 0.990. The second-order valence-electron chi connectivity index (χ2n) is 13.3. The van der Waals surface area contributed by atoms with E-state index in [2.05, 4.69) is 105 Å². The molecule has 0 radical (unpaired) electrons. The minimum Gasteiger partial charge on any atom is -0.506 e. The van der Waals surface area contributed by atoms with E-state index in [1.165, 1.54) is 5.56 Å². The standard InChI is InChI=1S/C44H35N4O.Pt/c1-44(2,3)33-22-20-30(21-23-33)31-26-27-45-42(29-31)47(34-13-5-4-6-14-34)35-15-11-12-32(28-35)38-25-24-37-36-16-7-8-17-39(36)48(43(37)46-38)40-18-9-10-19-41(40)49;/h4-27,29,49H,1-3H3;/q-1;. The van der Waals surface area contributed by atoms with Crippen LogP contribution in [-0.4, -0.2) is 19.6 Å². The zero-order valence-corrected chi connectivity index (χ0v) is 30.3. The first-order valence-corrected chi connectivity index (χ1v) is 16.5. The molecule has 6 heteroatoms. The van der Waals surface area contributed by atoms with Crippen LogP contribution in [0.1, 0.15) is 26.3 Å². The average Bonchev–Trinajstić information content (AvgIpc) is 3.46. The number of anilines is 3. The Morgan fingerprint density at radius 1 is 0.680 bits per heavy atom. The van der Waals surface area contributed by atoms with Crippen molar-refractivity contribution in [1.29, 1.82) is 0 Å². The molecule has 0 fully saturated rings. The smallest absolute Gasteiger partial charge is 0.139 e. The second kappa shape index (κ2) is 13.4. The van der Waals surface area contributed by atoms with E-state index in [4.69, 9.17) is 9.97 Å². The van der Waals surface area contributed by atoms with Crippen LogP contribution in [0.25, 0.3) is 50.0 Å². The number of hydrogen-bond acceptors (Lipinski definition) is 4. The number of para-hydroxylation sites is 4. The first-order valence-electron chi connectivity index (χ1n) is 16.5. The quantitative estimate of drug-likeness (QED) is 0.170. The molecule has 8 rings (SSSR count).